The van der Waals surface area contributed by atoms with Crippen molar-refractivity contribution in [2.24, 2.45) is 11.8 Å². The van der Waals surface area contributed by atoms with Gasteiger partial charge in [0.25, 0.3) is 0 Å². The van der Waals surface area contributed by atoms with Gasteiger partial charge in [-0.05, 0) is 62.8 Å². The molecule has 7 rings (SSSR count). The number of hydrogen-bond acceptors (Lipinski definition) is 0. The SMILES string of the molecule is C1=C2C(=CC3CC13)C1(c3ccccc32)c2ccccc2-c2ccccc21. The van der Waals surface area contributed by atoms with Crippen molar-refractivity contribution >= 4 is 5.57 Å². The lowest BCUT2D eigenvalue weighted by atomic mass is 9.69. The molecule has 3 aromatic carbocycles. The van der Waals surface area contributed by atoms with Crippen LogP contribution in [0.3, 0.4) is 0 Å². The van der Waals surface area contributed by atoms with Gasteiger partial charge in [-0.2, -0.15) is 0 Å². The van der Waals surface area contributed by atoms with Crippen molar-refractivity contribution in [3.63, 3.8) is 0 Å². The molecule has 0 amide bonds. The summed E-state index contributed by atoms with van der Waals surface area (Å²) in [7, 11) is 0. The molecule has 2 atom stereocenters. The quantitative estimate of drug-likeness (QED) is 0.476. The molecule has 122 valence electrons. The standard InChI is InChI=1S/C26H18/c1-4-10-22-18(7-1)19-8-2-5-11-23(19)26(22)24-12-6-3-9-20(24)21-14-16-13-17(16)15-25(21)26/h1-12,14-17H,13H2. The minimum Gasteiger partial charge on any atom is -0.0754 e. The molecular weight excluding hydrogens is 312 g/mol. The van der Waals surface area contributed by atoms with Gasteiger partial charge in [0.1, 0.15) is 0 Å². The van der Waals surface area contributed by atoms with Crippen LogP contribution < -0.4 is 0 Å². The van der Waals surface area contributed by atoms with Crippen molar-refractivity contribution in [2.75, 3.05) is 0 Å². The Hall–Kier alpha value is -2.86. The molecule has 1 spiro atoms. The first-order chi connectivity index (χ1) is 12.9. The van der Waals surface area contributed by atoms with Crippen LogP contribution in [0.15, 0.2) is 90.5 Å². The van der Waals surface area contributed by atoms with Gasteiger partial charge >= 0.3 is 0 Å². The third-order valence-electron chi connectivity index (χ3n) is 6.92. The molecule has 0 nitrogen and oxygen atoms in total. The largest absolute Gasteiger partial charge is 0.0754 e. The van der Waals surface area contributed by atoms with Gasteiger partial charge in [-0.1, -0.05) is 84.9 Å². The highest BCUT2D eigenvalue weighted by Crippen LogP contribution is 2.66. The van der Waals surface area contributed by atoms with Crippen molar-refractivity contribution < 1.29 is 0 Å². The monoisotopic (exact) mass is 330 g/mol. The first kappa shape index (κ1) is 13.4. The summed E-state index contributed by atoms with van der Waals surface area (Å²) in [5.74, 6) is 1.52. The second-order valence-corrected chi connectivity index (χ2v) is 8.11. The zero-order valence-corrected chi connectivity index (χ0v) is 14.4. The summed E-state index contributed by atoms with van der Waals surface area (Å²) in [6, 6.07) is 27.2. The van der Waals surface area contributed by atoms with Crippen LogP contribution in [0, 0.1) is 11.8 Å². The van der Waals surface area contributed by atoms with E-state index in [1.807, 2.05) is 0 Å². The topological polar surface area (TPSA) is 0 Å². The second-order valence-electron chi connectivity index (χ2n) is 8.11. The molecule has 0 bridgehead atoms. The smallest absolute Gasteiger partial charge is 0.0722 e. The zero-order valence-electron chi connectivity index (χ0n) is 14.4. The van der Waals surface area contributed by atoms with E-state index in [1.54, 1.807) is 0 Å². The Bertz CT molecular complexity index is 1130. The molecule has 26 heavy (non-hydrogen) atoms. The number of rotatable bonds is 0. The van der Waals surface area contributed by atoms with E-state index in [0.717, 1.165) is 11.8 Å². The molecule has 0 heteroatoms. The average molecular weight is 330 g/mol. The van der Waals surface area contributed by atoms with E-state index in [9.17, 15) is 0 Å². The van der Waals surface area contributed by atoms with Crippen LogP contribution in [0.5, 0.6) is 0 Å². The predicted octanol–water partition coefficient (Wildman–Crippen LogP) is 5.97. The average Bonchev–Trinajstić information content (AvgIpc) is 3.34. The number of hydrogen-bond donors (Lipinski definition) is 0. The van der Waals surface area contributed by atoms with Crippen LogP contribution in [0.1, 0.15) is 28.7 Å². The summed E-state index contributed by atoms with van der Waals surface area (Å²) in [5.41, 5.74) is 11.5. The fourth-order valence-electron chi connectivity index (χ4n) is 5.79. The third kappa shape index (κ3) is 1.34. The van der Waals surface area contributed by atoms with Crippen molar-refractivity contribution in [2.45, 2.75) is 11.8 Å². The van der Waals surface area contributed by atoms with Gasteiger partial charge in [0.05, 0.1) is 5.41 Å². The first-order valence-corrected chi connectivity index (χ1v) is 9.63. The molecule has 0 aliphatic heterocycles. The number of allylic oxidation sites excluding steroid dienone is 4. The van der Waals surface area contributed by atoms with Crippen molar-refractivity contribution in [3.8, 4) is 11.1 Å². The van der Waals surface area contributed by atoms with Gasteiger partial charge in [-0.25, -0.2) is 0 Å². The Kier molecular flexibility index (Phi) is 2.19. The molecule has 1 saturated carbocycles. The maximum Gasteiger partial charge on any atom is 0.0722 e. The molecule has 0 heterocycles. The molecule has 4 aliphatic carbocycles. The van der Waals surface area contributed by atoms with Gasteiger partial charge in [-0.15, -0.1) is 0 Å². The van der Waals surface area contributed by atoms with Crippen LogP contribution >= 0.6 is 0 Å². The number of fused-ring (bicyclic) bond motifs is 11. The second kappa shape index (κ2) is 4.27. The molecule has 0 aromatic heterocycles. The van der Waals surface area contributed by atoms with Crippen LogP contribution in [0.25, 0.3) is 16.7 Å². The molecule has 3 aromatic rings. The lowest BCUT2D eigenvalue weighted by Crippen LogP contribution is -2.26. The maximum absolute atomic E-state index is 2.61. The van der Waals surface area contributed by atoms with Crippen molar-refractivity contribution in [1.82, 2.24) is 0 Å². The minimum atomic E-state index is -0.122. The van der Waals surface area contributed by atoms with E-state index < -0.39 is 0 Å². The van der Waals surface area contributed by atoms with Gasteiger partial charge in [0.15, 0.2) is 0 Å². The Labute approximate surface area is 153 Å². The van der Waals surface area contributed by atoms with Crippen LogP contribution in [0.4, 0.5) is 0 Å². The summed E-state index contributed by atoms with van der Waals surface area (Å²) >= 11 is 0. The number of benzene rings is 3. The van der Waals surface area contributed by atoms with Crippen molar-refractivity contribution in [1.29, 1.82) is 0 Å². The lowest BCUT2D eigenvalue weighted by Gasteiger charge is -2.31. The highest BCUT2D eigenvalue weighted by molar-refractivity contribution is 6.00. The Balaban J connectivity index is 1.70. The van der Waals surface area contributed by atoms with E-state index in [-0.39, 0.29) is 5.41 Å². The fourth-order valence-corrected chi connectivity index (χ4v) is 5.79. The van der Waals surface area contributed by atoms with E-state index in [1.165, 1.54) is 50.9 Å². The van der Waals surface area contributed by atoms with E-state index >= 15 is 0 Å². The lowest BCUT2D eigenvalue weighted by molar-refractivity contribution is 0.777. The van der Waals surface area contributed by atoms with Gasteiger partial charge < -0.3 is 0 Å². The maximum atomic E-state index is 2.61. The van der Waals surface area contributed by atoms with Gasteiger partial charge in [0, 0.05) is 0 Å². The summed E-state index contributed by atoms with van der Waals surface area (Å²) < 4.78 is 0. The Morgan fingerprint density at radius 2 is 1.08 bits per heavy atom. The molecule has 2 unspecified atom stereocenters. The first-order valence-electron chi connectivity index (χ1n) is 9.63. The zero-order chi connectivity index (χ0) is 16.9. The van der Waals surface area contributed by atoms with Crippen LogP contribution in [-0.2, 0) is 5.41 Å². The molecule has 0 radical (unpaired) electrons. The van der Waals surface area contributed by atoms with Gasteiger partial charge in [0.2, 0.25) is 0 Å². The summed E-state index contributed by atoms with van der Waals surface area (Å²) in [4.78, 5) is 0. The molecule has 1 fully saturated rings. The highest BCUT2D eigenvalue weighted by atomic mass is 14.6. The minimum absolute atomic E-state index is 0.122. The summed E-state index contributed by atoms with van der Waals surface area (Å²) in [6.07, 6.45) is 6.50. The normalized spacial score (nSPS) is 24.8. The summed E-state index contributed by atoms with van der Waals surface area (Å²) in [5, 5.41) is 0. The summed E-state index contributed by atoms with van der Waals surface area (Å²) in [6.45, 7) is 0. The predicted molar refractivity (Wildman–Crippen MR) is 106 cm³/mol. The molecule has 0 saturated heterocycles. The highest BCUT2D eigenvalue weighted by Gasteiger charge is 2.55. The Morgan fingerprint density at radius 1 is 0.577 bits per heavy atom. The molecule has 4 aliphatic rings. The van der Waals surface area contributed by atoms with E-state index in [2.05, 4.69) is 84.9 Å². The van der Waals surface area contributed by atoms with Crippen LogP contribution in [-0.4, -0.2) is 0 Å². The third-order valence-corrected chi connectivity index (χ3v) is 6.92. The molecule has 0 N–H and O–H groups in total. The fraction of sp³-hybridized carbons (Fsp3) is 0.154. The van der Waals surface area contributed by atoms with Crippen molar-refractivity contribution in [3.05, 3.63) is 113 Å². The molecular formula is C26H18. The van der Waals surface area contributed by atoms with E-state index in [4.69, 9.17) is 0 Å². The van der Waals surface area contributed by atoms with Gasteiger partial charge in [-0.3, -0.25) is 0 Å². The Morgan fingerprint density at radius 3 is 1.73 bits per heavy atom. The van der Waals surface area contributed by atoms with E-state index in [0.29, 0.717) is 0 Å². The van der Waals surface area contributed by atoms with Crippen LogP contribution in [0.2, 0.25) is 0 Å².